The SMILES string of the molecule is CC(C)(c1ccncc1)C1COc2cccc(F)c2C1=O. The summed E-state index contributed by atoms with van der Waals surface area (Å²) in [7, 11) is 0. The molecule has 1 aromatic heterocycles. The van der Waals surface area contributed by atoms with Gasteiger partial charge in [-0.3, -0.25) is 9.78 Å². The Morgan fingerprint density at radius 2 is 1.95 bits per heavy atom. The molecule has 0 fully saturated rings. The van der Waals surface area contributed by atoms with Gasteiger partial charge < -0.3 is 4.74 Å². The maximum atomic E-state index is 14.0. The maximum Gasteiger partial charge on any atom is 0.176 e. The predicted octanol–water partition coefficient (Wildman–Crippen LogP) is 3.39. The molecular weight excluding hydrogens is 269 g/mol. The first-order valence-corrected chi connectivity index (χ1v) is 6.88. The lowest BCUT2D eigenvalue weighted by Crippen LogP contribution is -2.42. The second kappa shape index (κ2) is 4.95. The molecule has 4 heteroatoms. The average Bonchev–Trinajstić information content (AvgIpc) is 2.48. The summed E-state index contributed by atoms with van der Waals surface area (Å²) >= 11 is 0. The Morgan fingerprint density at radius 1 is 1.24 bits per heavy atom. The van der Waals surface area contributed by atoms with Crippen molar-refractivity contribution >= 4 is 5.78 Å². The third-order valence-electron chi connectivity index (χ3n) is 4.24. The van der Waals surface area contributed by atoms with Gasteiger partial charge in [-0.05, 0) is 29.8 Å². The monoisotopic (exact) mass is 285 g/mol. The summed E-state index contributed by atoms with van der Waals surface area (Å²) in [5.41, 5.74) is 0.593. The van der Waals surface area contributed by atoms with Crippen LogP contribution in [-0.2, 0) is 5.41 Å². The Labute approximate surface area is 122 Å². The second-order valence-electron chi connectivity index (χ2n) is 5.80. The zero-order chi connectivity index (χ0) is 15.0. The Morgan fingerprint density at radius 3 is 2.67 bits per heavy atom. The van der Waals surface area contributed by atoms with Crippen molar-refractivity contribution < 1.29 is 13.9 Å². The Kier molecular flexibility index (Phi) is 3.24. The Hall–Kier alpha value is -2.23. The van der Waals surface area contributed by atoms with Crippen molar-refractivity contribution in [1.29, 1.82) is 0 Å². The summed E-state index contributed by atoms with van der Waals surface area (Å²) in [6, 6.07) is 8.23. The highest BCUT2D eigenvalue weighted by molar-refractivity contribution is 6.02. The van der Waals surface area contributed by atoms with E-state index in [2.05, 4.69) is 4.98 Å². The summed E-state index contributed by atoms with van der Waals surface area (Å²) < 4.78 is 19.6. The van der Waals surface area contributed by atoms with E-state index >= 15 is 0 Å². The van der Waals surface area contributed by atoms with Crippen LogP contribution in [0, 0.1) is 11.7 Å². The van der Waals surface area contributed by atoms with Crippen molar-refractivity contribution in [2.75, 3.05) is 6.61 Å². The van der Waals surface area contributed by atoms with E-state index in [-0.39, 0.29) is 18.0 Å². The van der Waals surface area contributed by atoms with E-state index < -0.39 is 17.2 Å². The standard InChI is InChI=1S/C17H16FNO2/c1-17(2,11-6-8-19-9-7-11)12-10-21-14-5-3-4-13(18)15(14)16(12)20/h3-9,12H,10H2,1-2H3. The average molecular weight is 285 g/mol. The molecular formula is C17H16FNO2. The molecule has 3 rings (SSSR count). The van der Waals surface area contributed by atoms with Crippen LogP contribution in [0.5, 0.6) is 5.75 Å². The van der Waals surface area contributed by atoms with Crippen molar-refractivity contribution in [3.8, 4) is 5.75 Å². The first kappa shape index (κ1) is 13.7. The van der Waals surface area contributed by atoms with Gasteiger partial charge in [-0.2, -0.15) is 0 Å². The van der Waals surface area contributed by atoms with Crippen molar-refractivity contribution in [2.24, 2.45) is 5.92 Å². The van der Waals surface area contributed by atoms with Crippen LogP contribution in [0.15, 0.2) is 42.7 Å². The highest BCUT2D eigenvalue weighted by Gasteiger charge is 2.42. The van der Waals surface area contributed by atoms with Gasteiger partial charge in [0.05, 0.1) is 18.1 Å². The lowest BCUT2D eigenvalue weighted by Gasteiger charge is -2.36. The third-order valence-corrected chi connectivity index (χ3v) is 4.24. The number of pyridine rings is 1. The summed E-state index contributed by atoms with van der Waals surface area (Å²) in [5.74, 6) is -0.810. The number of benzene rings is 1. The van der Waals surface area contributed by atoms with Gasteiger partial charge >= 0.3 is 0 Å². The Bertz CT molecular complexity index is 682. The van der Waals surface area contributed by atoms with Crippen molar-refractivity contribution in [3.63, 3.8) is 0 Å². The molecule has 1 aromatic carbocycles. The van der Waals surface area contributed by atoms with E-state index in [0.29, 0.717) is 5.75 Å². The normalized spacial score (nSPS) is 18.0. The number of halogens is 1. The molecule has 0 saturated carbocycles. The number of hydrogen-bond acceptors (Lipinski definition) is 3. The number of hydrogen-bond donors (Lipinski definition) is 0. The number of Topliss-reactive ketones (excluding diaryl/α,β-unsaturated/α-hetero) is 1. The van der Waals surface area contributed by atoms with E-state index in [9.17, 15) is 9.18 Å². The molecule has 0 N–H and O–H groups in total. The number of carbonyl (C=O) groups excluding carboxylic acids is 1. The number of carbonyl (C=O) groups is 1. The summed E-state index contributed by atoms with van der Waals surface area (Å²) in [4.78, 5) is 16.7. The first-order chi connectivity index (χ1) is 10.0. The van der Waals surface area contributed by atoms with Gasteiger partial charge in [0, 0.05) is 17.8 Å². The molecule has 2 aromatic rings. The molecule has 0 bridgehead atoms. The molecule has 1 unspecified atom stereocenters. The number of ketones is 1. The lowest BCUT2D eigenvalue weighted by atomic mass is 9.70. The molecule has 0 amide bonds. The van der Waals surface area contributed by atoms with Gasteiger partial charge in [0.1, 0.15) is 11.6 Å². The van der Waals surface area contributed by atoms with Gasteiger partial charge in [-0.25, -0.2) is 4.39 Å². The molecule has 3 nitrogen and oxygen atoms in total. The van der Waals surface area contributed by atoms with Gasteiger partial charge in [0.15, 0.2) is 5.78 Å². The minimum absolute atomic E-state index is 0.0656. The van der Waals surface area contributed by atoms with Crippen molar-refractivity contribution in [3.05, 3.63) is 59.7 Å². The Balaban J connectivity index is 2.02. The predicted molar refractivity (Wildman–Crippen MR) is 77.0 cm³/mol. The van der Waals surface area contributed by atoms with Crippen LogP contribution in [0.4, 0.5) is 4.39 Å². The number of aromatic nitrogens is 1. The van der Waals surface area contributed by atoms with Crippen LogP contribution < -0.4 is 4.74 Å². The van der Waals surface area contributed by atoms with Crippen LogP contribution in [0.2, 0.25) is 0 Å². The molecule has 1 atom stereocenters. The van der Waals surface area contributed by atoms with Gasteiger partial charge in [0.25, 0.3) is 0 Å². The topological polar surface area (TPSA) is 39.2 Å². The zero-order valence-electron chi connectivity index (χ0n) is 12.0. The van der Waals surface area contributed by atoms with Crippen molar-refractivity contribution in [2.45, 2.75) is 19.3 Å². The molecule has 108 valence electrons. The largest absolute Gasteiger partial charge is 0.492 e. The van der Waals surface area contributed by atoms with E-state index in [1.165, 1.54) is 6.07 Å². The molecule has 0 aliphatic carbocycles. The van der Waals surface area contributed by atoms with E-state index in [1.807, 2.05) is 26.0 Å². The molecule has 21 heavy (non-hydrogen) atoms. The van der Waals surface area contributed by atoms with E-state index in [1.54, 1.807) is 24.5 Å². The summed E-state index contributed by atoms with van der Waals surface area (Å²) in [5, 5.41) is 0. The van der Waals surface area contributed by atoms with Crippen LogP contribution in [-0.4, -0.2) is 17.4 Å². The minimum atomic E-state index is -0.521. The van der Waals surface area contributed by atoms with Crippen LogP contribution >= 0.6 is 0 Å². The summed E-state index contributed by atoms with van der Waals surface area (Å²) in [6.07, 6.45) is 3.39. The van der Waals surface area contributed by atoms with Gasteiger partial charge in [-0.15, -0.1) is 0 Å². The third kappa shape index (κ3) is 2.20. The quantitative estimate of drug-likeness (QED) is 0.849. The minimum Gasteiger partial charge on any atom is -0.492 e. The molecule has 0 saturated heterocycles. The van der Waals surface area contributed by atoms with E-state index in [0.717, 1.165) is 5.56 Å². The fourth-order valence-electron chi connectivity index (χ4n) is 2.81. The molecule has 1 aliphatic heterocycles. The summed E-state index contributed by atoms with van der Waals surface area (Å²) in [6.45, 7) is 4.20. The second-order valence-corrected chi connectivity index (χ2v) is 5.80. The first-order valence-electron chi connectivity index (χ1n) is 6.88. The van der Waals surface area contributed by atoms with Gasteiger partial charge in [0.2, 0.25) is 0 Å². The highest BCUT2D eigenvalue weighted by Crippen LogP contribution is 2.39. The van der Waals surface area contributed by atoms with Crippen LogP contribution in [0.1, 0.15) is 29.8 Å². The number of fused-ring (bicyclic) bond motifs is 1. The number of ether oxygens (including phenoxy) is 1. The number of nitrogens with zero attached hydrogens (tertiary/aromatic N) is 1. The van der Waals surface area contributed by atoms with Crippen molar-refractivity contribution in [1.82, 2.24) is 4.98 Å². The smallest absolute Gasteiger partial charge is 0.176 e. The van der Waals surface area contributed by atoms with Crippen LogP contribution in [0.3, 0.4) is 0 Å². The maximum absolute atomic E-state index is 14.0. The van der Waals surface area contributed by atoms with Gasteiger partial charge in [-0.1, -0.05) is 19.9 Å². The zero-order valence-corrected chi connectivity index (χ0v) is 12.0. The fourth-order valence-corrected chi connectivity index (χ4v) is 2.81. The molecule has 2 heterocycles. The fraction of sp³-hybridized carbons (Fsp3) is 0.294. The molecule has 0 radical (unpaired) electrons. The molecule has 0 spiro atoms. The number of rotatable bonds is 2. The van der Waals surface area contributed by atoms with Crippen LogP contribution in [0.25, 0.3) is 0 Å². The van der Waals surface area contributed by atoms with E-state index in [4.69, 9.17) is 4.74 Å². The molecule has 1 aliphatic rings. The highest BCUT2D eigenvalue weighted by atomic mass is 19.1. The lowest BCUT2D eigenvalue weighted by molar-refractivity contribution is 0.0730.